The Morgan fingerprint density at radius 3 is 2.90 bits per heavy atom. The standard InChI is InChI=1S/C13H21N3O4/c1-10(2)20-7-3-5-14-13(19)11-8-15-16(9-11)6-4-12(17)18/h8-10H,3-7H2,1-2H3,(H,14,19)(H,17,18). The Balaban J connectivity index is 2.27. The van der Waals surface area contributed by atoms with Gasteiger partial charge in [-0.1, -0.05) is 0 Å². The molecule has 0 saturated carbocycles. The fourth-order valence-corrected chi connectivity index (χ4v) is 1.51. The van der Waals surface area contributed by atoms with Crippen LogP contribution in [0.5, 0.6) is 0 Å². The molecule has 1 rings (SSSR count). The van der Waals surface area contributed by atoms with E-state index >= 15 is 0 Å². The third-order valence-corrected chi connectivity index (χ3v) is 2.51. The van der Waals surface area contributed by atoms with E-state index in [1.165, 1.54) is 10.9 Å². The molecular formula is C13H21N3O4. The van der Waals surface area contributed by atoms with Gasteiger partial charge in [-0.25, -0.2) is 0 Å². The molecule has 1 aromatic rings. The summed E-state index contributed by atoms with van der Waals surface area (Å²) in [6, 6.07) is 0. The van der Waals surface area contributed by atoms with E-state index in [-0.39, 0.29) is 25.0 Å². The zero-order valence-electron chi connectivity index (χ0n) is 11.8. The molecule has 1 heterocycles. The van der Waals surface area contributed by atoms with Crippen LogP contribution in [0.25, 0.3) is 0 Å². The van der Waals surface area contributed by atoms with Gasteiger partial charge in [-0.15, -0.1) is 0 Å². The van der Waals surface area contributed by atoms with Crippen molar-refractivity contribution in [1.82, 2.24) is 15.1 Å². The maximum atomic E-state index is 11.8. The Labute approximate surface area is 117 Å². The van der Waals surface area contributed by atoms with E-state index in [1.54, 1.807) is 6.20 Å². The summed E-state index contributed by atoms with van der Waals surface area (Å²) in [4.78, 5) is 22.2. The number of aromatic nitrogens is 2. The molecule has 0 aliphatic rings. The molecule has 0 atom stereocenters. The molecule has 0 aromatic carbocycles. The lowest BCUT2D eigenvalue weighted by molar-refractivity contribution is -0.137. The molecule has 0 unspecified atom stereocenters. The SMILES string of the molecule is CC(C)OCCCNC(=O)c1cnn(CCC(=O)O)c1. The normalized spacial score (nSPS) is 10.8. The molecule has 7 heteroatoms. The summed E-state index contributed by atoms with van der Waals surface area (Å²) in [5, 5.41) is 15.3. The highest BCUT2D eigenvalue weighted by molar-refractivity contribution is 5.93. The van der Waals surface area contributed by atoms with Crippen LogP contribution in [0.3, 0.4) is 0 Å². The lowest BCUT2D eigenvalue weighted by Crippen LogP contribution is -2.25. The number of carboxylic acid groups (broad SMARTS) is 1. The Bertz CT molecular complexity index is 443. The third-order valence-electron chi connectivity index (χ3n) is 2.51. The molecule has 112 valence electrons. The first kappa shape index (κ1) is 16.2. The van der Waals surface area contributed by atoms with Crippen molar-refractivity contribution >= 4 is 11.9 Å². The highest BCUT2D eigenvalue weighted by Gasteiger charge is 2.08. The summed E-state index contributed by atoms with van der Waals surface area (Å²) in [7, 11) is 0. The molecule has 0 aliphatic heterocycles. The smallest absolute Gasteiger partial charge is 0.305 e. The number of hydrogen-bond donors (Lipinski definition) is 2. The van der Waals surface area contributed by atoms with Gasteiger partial charge in [0.1, 0.15) is 0 Å². The van der Waals surface area contributed by atoms with Crippen LogP contribution in [0.4, 0.5) is 0 Å². The van der Waals surface area contributed by atoms with Crippen molar-refractivity contribution in [3.8, 4) is 0 Å². The maximum absolute atomic E-state index is 11.8. The molecule has 1 aromatic heterocycles. The molecule has 0 aliphatic carbocycles. The van der Waals surface area contributed by atoms with Gasteiger partial charge in [0.15, 0.2) is 0 Å². The molecule has 0 fully saturated rings. The van der Waals surface area contributed by atoms with E-state index in [1.807, 2.05) is 13.8 Å². The van der Waals surface area contributed by atoms with Crippen LogP contribution < -0.4 is 5.32 Å². The fourth-order valence-electron chi connectivity index (χ4n) is 1.51. The summed E-state index contributed by atoms with van der Waals surface area (Å²) in [6.07, 6.45) is 3.90. The van der Waals surface area contributed by atoms with Crippen molar-refractivity contribution in [2.24, 2.45) is 0 Å². The fraction of sp³-hybridized carbons (Fsp3) is 0.615. The van der Waals surface area contributed by atoms with E-state index in [9.17, 15) is 9.59 Å². The zero-order valence-corrected chi connectivity index (χ0v) is 11.8. The molecule has 0 bridgehead atoms. The van der Waals surface area contributed by atoms with Gasteiger partial charge in [0, 0.05) is 19.3 Å². The minimum atomic E-state index is -0.892. The number of nitrogens with one attached hydrogen (secondary N) is 1. The highest BCUT2D eigenvalue weighted by atomic mass is 16.5. The molecule has 20 heavy (non-hydrogen) atoms. The Kier molecular flexibility index (Phi) is 6.72. The topological polar surface area (TPSA) is 93.5 Å². The number of rotatable bonds is 9. The van der Waals surface area contributed by atoms with Crippen molar-refractivity contribution in [1.29, 1.82) is 0 Å². The monoisotopic (exact) mass is 283 g/mol. The van der Waals surface area contributed by atoms with Gasteiger partial charge in [-0.05, 0) is 20.3 Å². The first-order valence-electron chi connectivity index (χ1n) is 6.63. The summed E-state index contributed by atoms with van der Waals surface area (Å²) in [6.45, 7) is 5.32. The van der Waals surface area contributed by atoms with Gasteiger partial charge in [-0.2, -0.15) is 5.10 Å². The van der Waals surface area contributed by atoms with E-state index in [4.69, 9.17) is 9.84 Å². The zero-order chi connectivity index (χ0) is 15.0. The third kappa shape index (κ3) is 6.33. The van der Waals surface area contributed by atoms with Crippen LogP contribution in [0.15, 0.2) is 12.4 Å². The predicted octanol–water partition coefficient (Wildman–Crippen LogP) is 0.903. The highest BCUT2D eigenvalue weighted by Crippen LogP contribution is 1.99. The van der Waals surface area contributed by atoms with Crippen LogP contribution in [0.1, 0.15) is 37.0 Å². The van der Waals surface area contributed by atoms with Crippen LogP contribution in [0.2, 0.25) is 0 Å². The second-order valence-corrected chi connectivity index (χ2v) is 4.66. The van der Waals surface area contributed by atoms with Gasteiger partial charge in [0.2, 0.25) is 0 Å². The molecular weight excluding hydrogens is 262 g/mol. The second kappa shape index (κ2) is 8.31. The summed E-state index contributed by atoms with van der Waals surface area (Å²) >= 11 is 0. The number of carbonyl (C=O) groups excluding carboxylic acids is 1. The van der Waals surface area contributed by atoms with Crippen LogP contribution in [0, 0.1) is 0 Å². The number of hydrogen-bond acceptors (Lipinski definition) is 4. The Morgan fingerprint density at radius 1 is 1.50 bits per heavy atom. The van der Waals surface area contributed by atoms with Crippen molar-refractivity contribution in [2.75, 3.05) is 13.2 Å². The number of aliphatic carboxylic acids is 1. The lowest BCUT2D eigenvalue weighted by atomic mass is 10.3. The second-order valence-electron chi connectivity index (χ2n) is 4.66. The van der Waals surface area contributed by atoms with Crippen LogP contribution in [-0.4, -0.2) is 46.0 Å². The quantitative estimate of drug-likeness (QED) is 0.657. The number of nitrogens with zero attached hydrogens (tertiary/aromatic N) is 2. The average Bonchev–Trinajstić information content (AvgIpc) is 2.84. The minimum absolute atomic E-state index is 0.0186. The van der Waals surface area contributed by atoms with E-state index in [2.05, 4.69) is 10.4 Å². The van der Waals surface area contributed by atoms with Crippen LogP contribution in [-0.2, 0) is 16.1 Å². The van der Waals surface area contributed by atoms with E-state index in [0.717, 1.165) is 6.42 Å². The van der Waals surface area contributed by atoms with Gasteiger partial charge < -0.3 is 15.2 Å². The molecule has 2 N–H and O–H groups in total. The van der Waals surface area contributed by atoms with Gasteiger partial charge in [-0.3, -0.25) is 14.3 Å². The minimum Gasteiger partial charge on any atom is -0.481 e. The Morgan fingerprint density at radius 2 is 2.25 bits per heavy atom. The van der Waals surface area contributed by atoms with Gasteiger partial charge >= 0.3 is 5.97 Å². The number of amides is 1. The van der Waals surface area contributed by atoms with Crippen molar-refractivity contribution < 1.29 is 19.4 Å². The molecule has 7 nitrogen and oxygen atoms in total. The summed E-state index contributed by atoms with van der Waals surface area (Å²) in [5.74, 6) is -1.10. The van der Waals surface area contributed by atoms with E-state index in [0.29, 0.717) is 18.7 Å². The molecule has 0 spiro atoms. The van der Waals surface area contributed by atoms with Crippen molar-refractivity contribution in [2.45, 2.75) is 39.3 Å². The number of ether oxygens (including phenoxy) is 1. The maximum Gasteiger partial charge on any atom is 0.305 e. The van der Waals surface area contributed by atoms with Crippen LogP contribution >= 0.6 is 0 Å². The van der Waals surface area contributed by atoms with Gasteiger partial charge in [0.05, 0.1) is 30.8 Å². The number of carboxylic acids is 1. The molecule has 0 radical (unpaired) electrons. The lowest BCUT2D eigenvalue weighted by Gasteiger charge is -2.07. The van der Waals surface area contributed by atoms with Crippen molar-refractivity contribution in [3.05, 3.63) is 18.0 Å². The summed E-state index contributed by atoms with van der Waals surface area (Å²) in [5.41, 5.74) is 0.431. The predicted molar refractivity (Wildman–Crippen MR) is 72.5 cm³/mol. The first-order valence-corrected chi connectivity index (χ1v) is 6.63. The first-order chi connectivity index (χ1) is 9.49. The molecule has 1 amide bonds. The average molecular weight is 283 g/mol. The summed E-state index contributed by atoms with van der Waals surface area (Å²) < 4.78 is 6.81. The van der Waals surface area contributed by atoms with E-state index < -0.39 is 5.97 Å². The number of carbonyl (C=O) groups is 2. The Hall–Kier alpha value is -1.89. The molecule has 0 saturated heterocycles. The largest absolute Gasteiger partial charge is 0.481 e. The number of aryl methyl sites for hydroxylation is 1. The van der Waals surface area contributed by atoms with Gasteiger partial charge in [0.25, 0.3) is 5.91 Å². The van der Waals surface area contributed by atoms with Crippen molar-refractivity contribution in [3.63, 3.8) is 0 Å².